The smallest absolute Gasteiger partial charge is 0.220 e. The Kier molecular flexibility index (Phi) is 4.77. The Balaban J connectivity index is 2.62. The predicted molar refractivity (Wildman–Crippen MR) is 68.8 cm³/mol. The van der Waals surface area contributed by atoms with E-state index in [-0.39, 0.29) is 6.61 Å². The molecule has 0 fully saturated rings. The minimum atomic E-state index is -1.10. The third kappa shape index (κ3) is 4.51. The zero-order valence-electron chi connectivity index (χ0n) is 9.96. The first kappa shape index (κ1) is 13.5. The maximum atomic E-state index is 9.11. The summed E-state index contributed by atoms with van der Waals surface area (Å²) in [5.74, 6) is 0.452. The van der Waals surface area contributed by atoms with Crippen molar-refractivity contribution in [2.24, 2.45) is 0 Å². The molecule has 90 valence electrons. The van der Waals surface area contributed by atoms with Crippen molar-refractivity contribution in [2.75, 3.05) is 6.61 Å². The van der Waals surface area contributed by atoms with Crippen molar-refractivity contribution >= 4 is 19.7 Å². The van der Waals surface area contributed by atoms with Crippen LogP contribution in [-0.2, 0) is 6.61 Å². The fourth-order valence-electron chi connectivity index (χ4n) is 1.15. The van der Waals surface area contributed by atoms with Crippen molar-refractivity contribution in [3.05, 3.63) is 22.8 Å². The monoisotopic (exact) mass is 259 g/mol. The number of hydrogen-bond acceptors (Lipinski definition) is 3. The number of aliphatic hydroxyl groups is 1. The summed E-state index contributed by atoms with van der Waals surface area (Å²) in [5, 5.41) is 9.50. The van der Waals surface area contributed by atoms with Crippen LogP contribution in [0.3, 0.4) is 0 Å². The lowest BCUT2D eigenvalue weighted by atomic mass is 10.3. The van der Waals surface area contributed by atoms with E-state index >= 15 is 0 Å². The first-order chi connectivity index (χ1) is 7.42. The van der Waals surface area contributed by atoms with Gasteiger partial charge >= 0.3 is 0 Å². The predicted octanol–water partition coefficient (Wildman–Crippen LogP) is 2.94. The molecule has 0 bridgehead atoms. The van der Waals surface area contributed by atoms with E-state index in [0.717, 1.165) is 6.04 Å². The molecule has 0 atom stereocenters. The Bertz CT molecular complexity index is 352. The van der Waals surface area contributed by atoms with E-state index in [0.29, 0.717) is 23.2 Å². The van der Waals surface area contributed by atoms with Crippen LogP contribution in [0.2, 0.25) is 30.8 Å². The molecule has 5 heteroatoms. The highest BCUT2D eigenvalue weighted by Crippen LogP contribution is 2.19. The fraction of sp³-hybridized carbons (Fsp3) is 0.545. The Morgan fingerprint density at radius 1 is 1.38 bits per heavy atom. The Morgan fingerprint density at radius 3 is 2.62 bits per heavy atom. The number of nitrogens with zero attached hydrogens (tertiary/aromatic N) is 1. The Hall–Kier alpha value is -0.583. The Labute approximate surface area is 102 Å². The second-order valence-corrected chi connectivity index (χ2v) is 10.9. The van der Waals surface area contributed by atoms with Crippen molar-refractivity contribution in [1.29, 1.82) is 0 Å². The van der Waals surface area contributed by atoms with Crippen molar-refractivity contribution in [2.45, 2.75) is 32.3 Å². The summed E-state index contributed by atoms with van der Waals surface area (Å²) in [6.45, 7) is 7.42. The summed E-state index contributed by atoms with van der Waals surface area (Å²) in [6.07, 6.45) is 0. The van der Waals surface area contributed by atoms with Gasteiger partial charge in [-0.2, -0.15) is 0 Å². The van der Waals surface area contributed by atoms with E-state index in [1.807, 2.05) is 0 Å². The van der Waals surface area contributed by atoms with Crippen molar-refractivity contribution < 1.29 is 9.84 Å². The number of pyridine rings is 1. The van der Waals surface area contributed by atoms with Crippen LogP contribution in [0.5, 0.6) is 5.88 Å². The zero-order chi connectivity index (χ0) is 12.2. The van der Waals surface area contributed by atoms with Crippen LogP contribution in [0.25, 0.3) is 0 Å². The lowest BCUT2D eigenvalue weighted by Crippen LogP contribution is -2.22. The van der Waals surface area contributed by atoms with E-state index in [1.165, 1.54) is 0 Å². The van der Waals surface area contributed by atoms with Gasteiger partial charge in [-0.1, -0.05) is 31.2 Å². The van der Waals surface area contributed by atoms with Gasteiger partial charge in [0.1, 0.15) is 5.15 Å². The van der Waals surface area contributed by atoms with Crippen LogP contribution < -0.4 is 4.74 Å². The van der Waals surface area contributed by atoms with Gasteiger partial charge < -0.3 is 9.84 Å². The summed E-state index contributed by atoms with van der Waals surface area (Å²) in [4.78, 5) is 4.06. The molecule has 16 heavy (non-hydrogen) atoms. The lowest BCUT2D eigenvalue weighted by Gasteiger charge is -2.16. The standard InChI is InChI=1S/C11H18ClNO2Si/c1-16(2,3)7-6-15-11-9(8-14)4-5-10(12)13-11/h4-5,14H,6-8H2,1-3H3. The van der Waals surface area contributed by atoms with Gasteiger partial charge in [0, 0.05) is 13.6 Å². The number of aliphatic hydroxyl groups excluding tert-OH is 1. The SMILES string of the molecule is C[Si](C)(C)CCOc1nc(Cl)ccc1CO. The highest BCUT2D eigenvalue weighted by Gasteiger charge is 2.13. The normalized spacial score (nSPS) is 11.6. The number of rotatable bonds is 5. The second kappa shape index (κ2) is 5.66. The van der Waals surface area contributed by atoms with Crippen molar-refractivity contribution in [1.82, 2.24) is 4.98 Å². The summed E-state index contributed by atoms with van der Waals surface area (Å²) in [5.41, 5.74) is 0.681. The molecule has 1 heterocycles. The summed E-state index contributed by atoms with van der Waals surface area (Å²) in [7, 11) is -1.10. The van der Waals surface area contributed by atoms with Crippen molar-refractivity contribution in [3.63, 3.8) is 0 Å². The van der Waals surface area contributed by atoms with Crippen LogP contribution >= 0.6 is 11.6 Å². The maximum absolute atomic E-state index is 9.11. The molecule has 0 saturated heterocycles. The molecule has 0 aliphatic heterocycles. The molecule has 0 amide bonds. The van der Waals surface area contributed by atoms with Gasteiger partial charge in [0.15, 0.2) is 0 Å². The van der Waals surface area contributed by atoms with Gasteiger partial charge in [-0.25, -0.2) is 4.98 Å². The average molecular weight is 260 g/mol. The fourth-order valence-corrected chi connectivity index (χ4v) is 2.00. The highest BCUT2D eigenvalue weighted by atomic mass is 35.5. The van der Waals surface area contributed by atoms with E-state index in [1.54, 1.807) is 12.1 Å². The minimum Gasteiger partial charge on any atom is -0.478 e. The molecule has 1 N–H and O–H groups in total. The van der Waals surface area contributed by atoms with Gasteiger partial charge in [0.25, 0.3) is 0 Å². The Morgan fingerprint density at radius 2 is 2.06 bits per heavy atom. The van der Waals surface area contributed by atoms with Crippen LogP contribution in [0.1, 0.15) is 5.56 Å². The van der Waals surface area contributed by atoms with Gasteiger partial charge in [-0.15, -0.1) is 0 Å². The van der Waals surface area contributed by atoms with Gasteiger partial charge in [0.05, 0.1) is 13.2 Å². The van der Waals surface area contributed by atoms with Crippen LogP contribution in [0.15, 0.2) is 12.1 Å². The molecule has 0 aliphatic rings. The van der Waals surface area contributed by atoms with Crippen molar-refractivity contribution in [3.8, 4) is 5.88 Å². The molecule has 1 aromatic rings. The van der Waals surface area contributed by atoms with Crippen LogP contribution in [-0.4, -0.2) is 24.8 Å². The maximum Gasteiger partial charge on any atom is 0.220 e. The molecule has 0 radical (unpaired) electrons. The molecular weight excluding hydrogens is 242 g/mol. The molecule has 3 nitrogen and oxygen atoms in total. The number of ether oxygens (including phenoxy) is 1. The third-order valence-electron chi connectivity index (χ3n) is 2.17. The molecule has 0 unspecified atom stereocenters. The van der Waals surface area contributed by atoms with Gasteiger partial charge in [-0.05, 0) is 18.2 Å². The quantitative estimate of drug-likeness (QED) is 0.653. The molecule has 1 rings (SSSR count). The first-order valence-electron chi connectivity index (χ1n) is 5.31. The van der Waals surface area contributed by atoms with E-state index < -0.39 is 8.07 Å². The van der Waals surface area contributed by atoms with Crippen LogP contribution in [0.4, 0.5) is 0 Å². The van der Waals surface area contributed by atoms with Crippen LogP contribution in [0, 0.1) is 0 Å². The van der Waals surface area contributed by atoms with Gasteiger partial charge in [-0.3, -0.25) is 0 Å². The number of halogens is 1. The van der Waals surface area contributed by atoms with E-state index in [9.17, 15) is 0 Å². The number of hydrogen-bond donors (Lipinski definition) is 1. The molecule has 0 aliphatic carbocycles. The molecular formula is C11H18ClNO2Si. The zero-order valence-corrected chi connectivity index (χ0v) is 11.7. The lowest BCUT2D eigenvalue weighted by molar-refractivity contribution is 0.262. The minimum absolute atomic E-state index is 0.0769. The molecule has 0 spiro atoms. The molecule has 0 aromatic carbocycles. The second-order valence-electron chi connectivity index (χ2n) is 4.92. The summed E-state index contributed by atoms with van der Waals surface area (Å²) < 4.78 is 5.56. The first-order valence-corrected chi connectivity index (χ1v) is 9.40. The van der Waals surface area contributed by atoms with E-state index in [4.69, 9.17) is 21.4 Å². The summed E-state index contributed by atoms with van der Waals surface area (Å²) in [6, 6.07) is 4.45. The molecule has 0 saturated carbocycles. The van der Waals surface area contributed by atoms with Gasteiger partial charge in [0.2, 0.25) is 5.88 Å². The third-order valence-corrected chi connectivity index (χ3v) is 4.08. The highest BCUT2D eigenvalue weighted by molar-refractivity contribution is 6.76. The largest absolute Gasteiger partial charge is 0.478 e. The average Bonchev–Trinajstić information content (AvgIpc) is 2.16. The summed E-state index contributed by atoms with van der Waals surface area (Å²) >= 11 is 5.78. The topological polar surface area (TPSA) is 42.4 Å². The van der Waals surface area contributed by atoms with E-state index in [2.05, 4.69) is 24.6 Å². The molecule has 1 aromatic heterocycles. The number of aromatic nitrogens is 1.